The van der Waals surface area contributed by atoms with Crippen LogP contribution in [0.2, 0.25) is 0 Å². The summed E-state index contributed by atoms with van der Waals surface area (Å²) in [5.41, 5.74) is 8.57. The van der Waals surface area contributed by atoms with Crippen LogP contribution in [0.25, 0.3) is 0 Å². The molecule has 0 aromatic heterocycles. The predicted molar refractivity (Wildman–Crippen MR) is 57.4 cm³/mol. The van der Waals surface area contributed by atoms with E-state index in [1.54, 1.807) is 7.11 Å². The van der Waals surface area contributed by atoms with Crippen molar-refractivity contribution in [2.45, 2.75) is 25.8 Å². The van der Waals surface area contributed by atoms with Gasteiger partial charge in [-0.3, -0.25) is 0 Å². The van der Waals surface area contributed by atoms with Gasteiger partial charge in [-0.1, -0.05) is 6.07 Å². The molecule has 0 aliphatic heterocycles. The first-order valence-electron chi connectivity index (χ1n) is 5.12. The highest BCUT2D eigenvalue weighted by Crippen LogP contribution is 2.40. The number of ether oxygens (including phenoxy) is 1. The number of benzene rings is 1. The van der Waals surface area contributed by atoms with E-state index in [0.29, 0.717) is 5.92 Å². The first-order valence-corrected chi connectivity index (χ1v) is 5.12. The number of hydrogen-bond acceptors (Lipinski definition) is 2. The molecule has 1 aromatic carbocycles. The number of hydrogen-bond donors (Lipinski definition) is 1. The summed E-state index contributed by atoms with van der Waals surface area (Å²) >= 11 is 0. The van der Waals surface area contributed by atoms with Gasteiger partial charge in [0.15, 0.2) is 0 Å². The molecular weight excluding hydrogens is 174 g/mol. The van der Waals surface area contributed by atoms with E-state index in [2.05, 4.69) is 19.1 Å². The first kappa shape index (κ1) is 9.53. The molecule has 0 amide bonds. The fraction of sp³-hybridized carbons (Fsp3) is 0.500. The molecule has 14 heavy (non-hydrogen) atoms. The summed E-state index contributed by atoms with van der Waals surface area (Å²) in [4.78, 5) is 0. The Kier molecular flexibility index (Phi) is 2.46. The highest BCUT2D eigenvalue weighted by molar-refractivity contribution is 5.36. The van der Waals surface area contributed by atoms with Crippen LogP contribution >= 0.6 is 0 Å². The molecule has 0 saturated heterocycles. The van der Waals surface area contributed by atoms with Gasteiger partial charge in [-0.05, 0) is 48.9 Å². The fourth-order valence-corrected chi connectivity index (χ4v) is 1.81. The van der Waals surface area contributed by atoms with Gasteiger partial charge in [0.1, 0.15) is 5.75 Å². The van der Waals surface area contributed by atoms with E-state index in [-0.39, 0.29) is 6.04 Å². The van der Waals surface area contributed by atoms with E-state index in [9.17, 15) is 0 Å². The Bertz CT molecular complexity index is 331. The third kappa shape index (κ3) is 1.90. The maximum absolute atomic E-state index is 6.14. The molecule has 76 valence electrons. The van der Waals surface area contributed by atoms with Crippen molar-refractivity contribution in [3.05, 3.63) is 29.3 Å². The Morgan fingerprint density at radius 1 is 1.36 bits per heavy atom. The third-order valence-corrected chi connectivity index (χ3v) is 2.82. The second kappa shape index (κ2) is 3.62. The van der Waals surface area contributed by atoms with Crippen LogP contribution in [0, 0.1) is 12.8 Å². The lowest BCUT2D eigenvalue weighted by molar-refractivity contribution is 0.413. The summed E-state index contributed by atoms with van der Waals surface area (Å²) in [7, 11) is 1.70. The van der Waals surface area contributed by atoms with Crippen LogP contribution in [0.3, 0.4) is 0 Å². The Balaban J connectivity index is 2.27. The lowest BCUT2D eigenvalue weighted by Crippen LogP contribution is -2.12. The van der Waals surface area contributed by atoms with Crippen LogP contribution in [-0.4, -0.2) is 7.11 Å². The van der Waals surface area contributed by atoms with Crippen LogP contribution in [-0.2, 0) is 0 Å². The number of aryl methyl sites for hydroxylation is 1. The van der Waals surface area contributed by atoms with Gasteiger partial charge in [0.25, 0.3) is 0 Å². The molecule has 2 rings (SSSR count). The lowest BCUT2D eigenvalue weighted by atomic mass is 10.0. The van der Waals surface area contributed by atoms with Crippen molar-refractivity contribution in [2.75, 3.05) is 7.11 Å². The third-order valence-electron chi connectivity index (χ3n) is 2.82. The number of nitrogens with two attached hydrogens (primary N) is 1. The normalized spacial score (nSPS) is 17.9. The average molecular weight is 191 g/mol. The molecule has 1 fully saturated rings. The van der Waals surface area contributed by atoms with E-state index >= 15 is 0 Å². The van der Waals surface area contributed by atoms with Crippen molar-refractivity contribution < 1.29 is 4.74 Å². The van der Waals surface area contributed by atoms with Crippen molar-refractivity contribution in [1.82, 2.24) is 0 Å². The van der Waals surface area contributed by atoms with E-state index in [0.717, 1.165) is 5.75 Å². The molecule has 1 aliphatic rings. The molecule has 0 radical (unpaired) electrons. The Hall–Kier alpha value is -1.02. The van der Waals surface area contributed by atoms with Gasteiger partial charge in [0.05, 0.1) is 7.11 Å². The van der Waals surface area contributed by atoms with E-state index in [1.165, 1.54) is 24.0 Å². The van der Waals surface area contributed by atoms with Crippen molar-refractivity contribution in [1.29, 1.82) is 0 Å². The largest absolute Gasteiger partial charge is 0.497 e. The van der Waals surface area contributed by atoms with Gasteiger partial charge in [-0.2, -0.15) is 0 Å². The summed E-state index contributed by atoms with van der Waals surface area (Å²) in [6.07, 6.45) is 2.55. The van der Waals surface area contributed by atoms with Gasteiger partial charge in [0, 0.05) is 6.04 Å². The SMILES string of the molecule is COc1cc(C)cc([C@@H](N)C2CC2)c1. The van der Waals surface area contributed by atoms with Gasteiger partial charge in [-0.25, -0.2) is 0 Å². The van der Waals surface area contributed by atoms with Crippen LogP contribution in [0.5, 0.6) is 5.75 Å². The number of methoxy groups -OCH3 is 1. The first-order chi connectivity index (χ1) is 6.70. The van der Waals surface area contributed by atoms with Crippen molar-refractivity contribution >= 4 is 0 Å². The summed E-state index contributed by atoms with van der Waals surface area (Å²) < 4.78 is 5.23. The zero-order valence-corrected chi connectivity index (χ0v) is 8.79. The highest BCUT2D eigenvalue weighted by atomic mass is 16.5. The highest BCUT2D eigenvalue weighted by Gasteiger charge is 2.29. The molecule has 0 heterocycles. The minimum Gasteiger partial charge on any atom is -0.497 e. The molecule has 1 aromatic rings. The molecule has 0 spiro atoms. The second-order valence-corrected chi connectivity index (χ2v) is 4.15. The van der Waals surface area contributed by atoms with Gasteiger partial charge >= 0.3 is 0 Å². The quantitative estimate of drug-likeness (QED) is 0.796. The van der Waals surface area contributed by atoms with E-state index in [1.807, 2.05) is 6.07 Å². The van der Waals surface area contributed by atoms with Crippen molar-refractivity contribution in [3.63, 3.8) is 0 Å². The van der Waals surface area contributed by atoms with Crippen molar-refractivity contribution in [2.24, 2.45) is 11.7 Å². The van der Waals surface area contributed by atoms with E-state index in [4.69, 9.17) is 10.5 Å². The van der Waals surface area contributed by atoms with Crippen LogP contribution in [0.15, 0.2) is 18.2 Å². The molecule has 1 aliphatic carbocycles. The minimum absolute atomic E-state index is 0.198. The second-order valence-electron chi connectivity index (χ2n) is 4.15. The maximum atomic E-state index is 6.14. The molecular formula is C12H17NO. The predicted octanol–water partition coefficient (Wildman–Crippen LogP) is 2.41. The smallest absolute Gasteiger partial charge is 0.119 e. The zero-order valence-electron chi connectivity index (χ0n) is 8.79. The van der Waals surface area contributed by atoms with Gasteiger partial charge in [0.2, 0.25) is 0 Å². The standard InChI is InChI=1S/C12H17NO/c1-8-5-10(7-11(6-8)14-2)12(13)9-3-4-9/h5-7,9,12H,3-4,13H2,1-2H3/t12-/m0/s1. The molecule has 1 saturated carbocycles. The van der Waals surface area contributed by atoms with Gasteiger partial charge < -0.3 is 10.5 Å². The topological polar surface area (TPSA) is 35.2 Å². The molecule has 2 heteroatoms. The summed E-state index contributed by atoms with van der Waals surface area (Å²) in [6, 6.07) is 6.44. The van der Waals surface area contributed by atoms with Crippen LogP contribution in [0.1, 0.15) is 30.0 Å². The summed E-state index contributed by atoms with van der Waals surface area (Å²) in [5.74, 6) is 1.61. The summed E-state index contributed by atoms with van der Waals surface area (Å²) in [6.45, 7) is 2.08. The maximum Gasteiger partial charge on any atom is 0.119 e. The molecule has 0 unspecified atom stereocenters. The lowest BCUT2D eigenvalue weighted by Gasteiger charge is -2.13. The summed E-state index contributed by atoms with van der Waals surface area (Å²) in [5, 5.41) is 0. The molecule has 2 N–H and O–H groups in total. The Labute approximate surface area is 85.1 Å². The minimum atomic E-state index is 0.198. The van der Waals surface area contributed by atoms with Crippen LogP contribution < -0.4 is 10.5 Å². The van der Waals surface area contributed by atoms with E-state index < -0.39 is 0 Å². The monoisotopic (exact) mass is 191 g/mol. The number of rotatable bonds is 3. The molecule has 0 bridgehead atoms. The average Bonchev–Trinajstić information content (AvgIpc) is 2.99. The Morgan fingerprint density at radius 3 is 2.64 bits per heavy atom. The van der Waals surface area contributed by atoms with Crippen molar-refractivity contribution in [3.8, 4) is 5.75 Å². The molecule has 2 nitrogen and oxygen atoms in total. The van der Waals surface area contributed by atoms with Crippen LogP contribution in [0.4, 0.5) is 0 Å². The zero-order chi connectivity index (χ0) is 10.1. The Morgan fingerprint density at radius 2 is 2.07 bits per heavy atom. The fourth-order valence-electron chi connectivity index (χ4n) is 1.81. The van der Waals surface area contributed by atoms with Gasteiger partial charge in [-0.15, -0.1) is 0 Å². The molecule has 1 atom stereocenters.